The molecule has 0 radical (unpaired) electrons. The monoisotopic (exact) mass is 424 g/mol. The first-order valence-corrected chi connectivity index (χ1v) is 11.8. The van der Waals surface area contributed by atoms with E-state index < -0.39 is 0 Å². The third kappa shape index (κ3) is 6.85. The van der Waals surface area contributed by atoms with Crippen molar-refractivity contribution in [2.45, 2.75) is 86.0 Å². The third-order valence-corrected chi connectivity index (χ3v) is 5.64. The number of hydrogen-bond acceptors (Lipinski definition) is 3. The van der Waals surface area contributed by atoms with Gasteiger partial charge in [0.1, 0.15) is 5.75 Å². The van der Waals surface area contributed by atoms with Crippen LogP contribution in [0.5, 0.6) is 5.75 Å². The fourth-order valence-corrected chi connectivity index (χ4v) is 3.93. The highest BCUT2D eigenvalue weighted by atomic mass is 16.5. The van der Waals surface area contributed by atoms with Crippen LogP contribution in [0.25, 0.3) is 5.57 Å². The van der Waals surface area contributed by atoms with Gasteiger partial charge in [0.15, 0.2) is 0 Å². The maximum atomic E-state index is 11.7. The molecule has 0 aromatic heterocycles. The van der Waals surface area contributed by atoms with Gasteiger partial charge < -0.3 is 9.47 Å². The lowest BCUT2D eigenvalue weighted by molar-refractivity contribution is -0.137. The quantitative estimate of drug-likeness (QED) is 0.219. The molecule has 1 aliphatic rings. The zero-order chi connectivity index (χ0) is 23.0. The number of rotatable bonds is 10. The predicted octanol–water partition coefficient (Wildman–Crippen LogP) is 7.73. The largest absolute Gasteiger partial charge is 0.493 e. The molecule has 0 unspecified atom stereocenters. The van der Waals surface area contributed by atoms with Gasteiger partial charge in [-0.2, -0.15) is 0 Å². The van der Waals surface area contributed by atoms with Crippen molar-refractivity contribution in [1.82, 2.24) is 0 Å². The van der Waals surface area contributed by atoms with E-state index in [4.69, 9.17) is 9.47 Å². The molecule has 3 nitrogen and oxygen atoms in total. The Morgan fingerprint density at radius 2 is 1.84 bits per heavy atom. The van der Waals surface area contributed by atoms with Gasteiger partial charge in [0.05, 0.1) is 13.2 Å². The van der Waals surface area contributed by atoms with Crippen LogP contribution in [0.15, 0.2) is 41.5 Å². The molecule has 0 fully saturated rings. The van der Waals surface area contributed by atoms with Crippen molar-refractivity contribution in [3.8, 4) is 5.75 Å². The second kappa shape index (κ2) is 11.9. The Labute approximate surface area is 189 Å². The minimum atomic E-state index is -0.285. The molecule has 0 bridgehead atoms. The molecule has 0 saturated heterocycles. The van der Waals surface area contributed by atoms with E-state index >= 15 is 0 Å². The lowest BCUT2D eigenvalue weighted by Crippen LogP contribution is -2.06. The van der Waals surface area contributed by atoms with Gasteiger partial charge >= 0.3 is 5.97 Å². The van der Waals surface area contributed by atoms with Crippen molar-refractivity contribution in [1.29, 1.82) is 0 Å². The molecule has 0 saturated carbocycles. The maximum Gasteiger partial charge on any atom is 0.330 e. The standard InChI is InChI=1S/C28H40O3/c1-8-15-31-28-25(20(5)6)17-23(19(3)4)18-26(28)24-12-10-11-22(24)14-13-21(7)16-27(29)30-9-2/h13-14,16-20H,8-12,15H2,1-7H3/b14-13+,21-16+. The average Bonchev–Trinajstić information content (AvgIpc) is 3.18. The smallest absolute Gasteiger partial charge is 0.330 e. The van der Waals surface area contributed by atoms with Crippen LogP contribution >= 0.6 is 0 Å². The van der Waals surface area contributed by atoms with E-state index in [1.807, 2.05) is 19.9 Å². The van der Waals surface area contributed by atoms with Crippen LogP contribution < -0.4 is 4.74 Å². The summed E-state index contributed by atoms with van der Waals surface area (Å²) in [6.45, 7) is 16.0. The zero-order valence-corrected chi connectivity index (χ0v) is 20.5. The fraction of sp³-hybridized carbons (Fsp3) is 0.536. The summed E-state index contributed by atoms with van der Waals surface area (Å²) in [7, 11) is 0. The highest BCUT2D eigenvalue weighted by Crippen LogP contribution is 2.43. The zero-order valence-electron chi connectivity index (χ0n) is 20.5. The molecule has 0 N–H and O–H groups in total. The van der Waals surface area contributed by atoms with Gasteiger partial charge in [-0.3, -0.25) is 0 Å². The van der Waals surface area contributed by atoms with Gasteiger partial charge in [-0.05, 0) is 85.3 Å². The minimum absolute atomic E-state index is 0.285. The van der Waals surface area contributed by atoms with E-state index in [0.29, 0.717) is 18.4 Å². The van der Waals surface area contributed by atoms with Crippen LogP contribution in [0.3, 0.4) is 0 Å². The van der Waals surface area contributed by atoms with Gasteiger partial charge in [0.2, 0.25) is 0 Å². The van der Waals surface area contributed by atoms with Gasteiger partial charge in [-0.15, -0.1) is 0 Å². The lowest BCUT2D eigenvalue weighted by Gasteiger charge is -2.22. The lowest BCUT2D eigenvalue weighted by atomic mass is 9.88. The van der Waals surface area contributed by atoms with Gasteiger partial charge in [-0.25, -0.2) is 4.79 Å². The summed E-state index contributed by atoms with van der Waals surface area (Å²) in [5, 5.41) is 0. The summed E-state index contributed by atoms with van der Waals surface area (Å²) in [4.78, 5) is 11.7. The second-order valence-electron chi connectivity index (χ2n) is 8.98. The summed E-state index contributed by atoms with van der Waals surface area (Å²) >= 11 is 0. The Morgan fingerprint density at radius 1 is 1.10 bits per heavy atom. The number of carbonyl (C=O) groups excluding carboxylic acids is 1. The minimum Gasteiger partial charge on any atom is -0.493 e. The van der Waals surface area contributed by atoms with Gasteiger partial charge in [0, 0.05) is 11.6 Å². The average molecular weight is 425 g/mol. The Morgan fingerprint density at radius 3 is 2.45 bits per heavy atom. The fourth-order valence-electron chi connectivity index (χ4n) is 3.93. The number of ether oxygens (including phenoxy) is 2. The van der Waals surface area contributed by atoms with E-state index in [1.165, 1.54) is 27.8 Å². The van der Waals surface area contributed by atoms with Crippen LogP contribution in [-0.4, -0.2) is 19.2 Å². The second-order valence-corrected chi connectivity index (χ2v) is 8.98. The Bertz CT molecular complexity index is 853. The van der Waals surface area contributed by atoms with E-state index in [9.17, 15) is 4.79 Å². The maximum absolute atomic E-state index is 11.7. The molecule has 2 rings (SSSR count). The molecule has 0 atom stereocenters. The molecule has 1 aromatic rings. The molecule has 0 aliphatic heterocycles. The molecule has 31 heavy (non-hydrogen) atoms. The third-order valence-electron chi connectivity index (χ3n) is 5.64. The highest BCUT2D eigenvalue weighted by molar-refractivity contribution is 5.83. The van der Waals surface area contributed by atoms with Crippen LogP contribution in [0.2, 0.25) is 0 Å². The van der Waals surface area contributed by atoms with Crippen molar-refractivity contribution in [3.05, 3.63) is 58.2 Å². The normalized spacial score (nSPS) is 14.9. The summed E-state index contributed by atoms with van der Waals surface area (Å²) in [6.07, 6.45) is 10.0. The molecular weight excluding hydrogens is 384 g/mol. The van der Waals surface area contributed by atoms with Crippen molar-refractivity contribution in [2.24, 2.45) is 0 Å². The van der Waals surface area contributed by atoms with E-state index in [1.54, 1.807) is 6.08 Å². The molecule has 0 heterocycles. The van der Waals surface area contributed by atoms with Crippen LogP contribution in [-0.2, 0) is 9.53 Å². The summed E-state index contributed by atoms with van der Waals surface area (Å²) in [5.74, 6) is 1.64. The summed E-state index contributed by atoms with van der Waals surface area (Å²) in [5.41, 5.74) is 7.55. The van der Waals surface area contributed by atoms with Crippen molar-refractivity contribution in [2.75, 3.05) is 13.2 Å². The summed E-state index contributed by atoms with van der Waals surface area (Å²) in [6, 6.07) is 4.68. The molecule has 0 amide bonds. The van der Waals surface area contributed by atoms with E-state index in [2.05, 4.69) is 52.8 Å². The molecule has 1 aromatic carbocycles. The van der Waals surface area contributed by atoms with Gasteiger partial charge in [0.25, 0.3) is 0 Å². The number of esters is 1. The van der Waals surface area contributed by atoms with Gasteiger partial charge in [-0.1, -0.05) is 52.8 Å². The first kappa shape index (κ1) is 25.0. The Hall–Kier alpha value is -2.29. The van der Waals surface area contributed by atoms with E-state index in [0.717, 1.165) is 43.6 Å². The van der Waals surface area contributed by atoms with Crippen molar-refractivity contribution >= 4 is 11.5 Å². The highest BCUT2D eigenvalue weighted by Gasteiger charge is 2.23. The topological polar surface area (TPSA) is 35.5 Å². The van der Waals surface area contributed by atoms with Crippen molar-refractivity contribution < 1.29 is 14.3 Å². The van der Waals surface area contributed by atoms with Crippen LogP contribution in [0, 0.1) is 0 Å². The number of allylic oxidation sites excluding steroid dienone is 5. The number of carbonyl (C=O) groups is 1. The van der Waals surface area contributed by atoms with Crippen molar-refractivity contribution in [3.63, 3.8) is 0 Å². The van der Waals surface area contributed by atoms with Crippen LogP contribution in [0.1, 0.15) is 103 Å². The predicted molar refractivity (Wildman–Crippen MR) is 131 cm³/mol. The molecule has 0 spiro atoms. The Balaban J connectivity index is 2.54. The number of hydrogen-bond donors (Lipinski definition) is 0. The first-order valence-electron chi connectivity index (χ1n) is 11.8. The van der Waals surface area contributed by atoms with Crippen LogP contribution in [0.4, 0.5) is 0 Å². The molecular formula is C28H40O3. The molecule has 1 aliphatic carbocycles. The number of benzene rings is 1. The SMILES string of the molecule is CCCOc1c(C2=C(/C=C/C(C)=C/C(=O)OCC)CCC2)cc(C(C)C)cc1C(C)C. The first-order chi connectivity index (χ1) is 14.8. The Kier molecular flexibility index (Phi) is 9.61. The molecule has 3 heteroatoms. The van der Waals surface area contributed by atoms with E-state index in [-0.39, 0.29) is 5.97 Å². The summed E-state index contributed by atoms with van der Waals surface area (Å²) < 4.78 is 11.4. The molecule has 170 valence electrons.